The van der Waals surface area contributed by atoms with Crippen LogP contribution in [0.25, 0.3) is 0 Å². The molecular weight excluding hydrogens is 316 g/mol. The molecule has 6 heteroatoms. The molecule has 3 rings (SSSR count). The number of nitrogens with zero attached hydrogens (tertiary/aromatic N) is 1. The normalized spacial score (nSPS) is 22.4. The lowest BCUT2D eigenvalue weighted by atomic mass is 10.0. The summed E-state index contributed by atoms with van der Waals surface area (Å²) in [7, 11) is 0. The first-order valence-corrected chi connectivity index (χ1v) is 8.49. The lowest BCUT2D eigenvalue weighted by molar-refractivity contribution is -0.122. The summed E-state index contributed by atoms with van der Waals surface area (Å²) in [5.41, 5.74) is 1.72. The number of rotatable bonds is 4. The number of carbonyl (C=O) groups excluding carboxylic acids is 2. The van der Waals surface area contributed by atoms with Gasteiger partial charge in [-0.15, -0.1) is 0 Å². The minimum Gasteiger partial charge on any atom is -0.325 e. The second-order valence-electron chi connectivity index (χ2n) is 5.26. The summed E-state index contributed by atoms with van der Waals surface area (Å²) in [5.74, 6) is -0.600. The Kier molecular flexibility index (Phi) is 4.31. The molecule has 0 saturated carbocycles. The van der Waals surface area contributed by atoms with Crippen LogP contribution in [0.5, 0.6) is 0 Å². The van der Waals surface area contributed by atoms with Gasteiger partial charge in [0.2, 0.25) is 5.91 Å². The molecule has 0 aliphatic carbocycles. The van der Waals surface area contributed by atoms with E-state index in [2.05, 4.69) is 12.2 Å². The number of hydrogen-bond acceptors (Lipinski definition) is 4. The van der Waals surface area contributed by atoms with Crippen molar-refractivity contribution in [2.45, 2.75) is 25.7 Å². The third-order valence-corrected chi connectivity index (χ3v) is 5.16. The van der Waals surface area contributed by atoms with Crippen LogP contribution in [0.3, 0.4) is 0 Å². The zero-order valence-corrected chi connectivity index (χ0v) is 13.8. The van der Waals surface area contributed by atoms with Crippen LogP contribution in [0.15, 0.2) is 35.2 Å². The molecule has 2 aliphatic rings. The second kappa shape index (κ2) is 6.22. The van der Waals surface area contributed by atoms with E-state index in [0.717, 1.165) is 24.1 Å². The van der Waals surface area contributed by atoms with Crippen LogP contribution in [0, 0.1) is 0 Å². The van der Waals surface area contributed by atoms with Gasteiger partial charge >= 0.3 is 0 Å². The van der Waals surface area contributed by atoms with Crippen molar-refractivity contribution in [3.8, 4) is 0 Å². The van der Waals surface area contributed by atoms with Crippen molar-refractivity contribution in [1.82, 2.24) is 4.90 Å². The van der Waals surface area contributed by atoms with Gasteiger partial charge in [0.15, 0.2) is 0 Å². The van der Waals surface area contributed by atoms with Gasteiger partial charge < -0.3 is 5.32 Å². The zero-order chi connectivity index (χ0) is 15.7. The van der Waals surface area contributed by atoms with Crippen molar-refractivity contribution in [3.63, 3.8) is 0 Å². The van der Waals surface area contributed by atoms with Crippen LogP contribution >= 0.6 is 24.0 Å². The molecule has 4 nitrogen and oxygen atoms in total. The highest BCUT2D eigenvalue weighted by Gasteiger charge is 2.35. The summed E-state index contributed by atoms with van der Waals surface area (Å²) in [5, 5.41) is 2.84. The molecule has 2 heterocycles. The molecule has 1 aromatic carbocycles. The summed E-state index contributed by atoms with van der Waals surface area (Å²) in [6.45, 7) is 2.72. The van der Waals surface area contributed by atoms with Crippen LogP contribution in [0.1, 0.15) is 31.2 Å². The van der Waals surface area contributed by atoms with E-state index in [-0.39, 0.29) is 11.8 Å². The van der Waals surface area contributed by atoms with E-state index in [1.807, 2.05) is 24.3 Å². The quantitative estimate of drug-likeness (QED) is 0.679. The molecule has 1 saturated heterocycles. The largest absolute Gasteiger partial charge is 0.325 e. The number of benzene rings is 1. The number of nitrogens with one attached hydrogen (secondary N) is 1. The SMILES string of the molecule is CCCCN1C(=O)/C(=C/[C@H]2C(=O)Nc3ccccc32)SC1=S. The lowest BCUT2D eigenvalue weighted by Gasteiger charge is -2.13. The van der Waals surface area contributed by atoms with Crippen molar-refractivity contribution in [2.24, 2.45) is 0 Å². The molecule has 0 spiro atoms. The Hall–Kier alpha value is -1.66. The van der Waals surface area contributed by atoms with Crippen LogP contribution in [0.4, 0.5) is 5.69 Å². The first-order valence-electron chi connectivity index (χ1n) is 7.27. The van der Waals surface area contributed by atoms with Crippen molar-refractivity contribution in [2.75, 3.05) is 11.9 Å². The number of unbranched alkanes of at least 4 members (excludes halogenated alkanes) is 1. The monoisotopic (exact) mass is 332 g/mol. The molecule has 2 amide bonds. The van der Waals surface area contributed by atoms with E-state index < -0.39 is 5.92 Å². The van der Waals surface area contributed by atoms with E-state index >= 15 is 0 Å². The van der Waals surface area contributed by atoms with Gasteiger partial charge in [-0.05, 0) is 24.1 Å². The number of thiocarbonyl (C=S) groups is 1. The molecule has 0 aromatic heterocycles. The number of carbonyl (C=O) groups is 2. The van der Waals surface area contributed by atoms with Crippen molar-refractivity contribution < 1.29 is 9.59 Å². The summed E-state index contributed by atoms with van der Waals surface area (Å²) in [6.07, 6.45) is 3.67. The van der Waals surface area contributed by atoms with E-state index in [9.17, 15) is 9.59 Å². The second-order valence-corrected chi connectivity index (χ2v) is 6.94. The van der Waals surface area contributed by atoms with Gasteiger partial charge in [-0.2, -0.15) is 0 Å². The van der Waals surface area contributed by atoms with E-state index in [1.54, 1.807) is 11.0 Å². The first-order chi connectivity index (χ1) is 10.6. The standard InChI is InChI=1S/C16H16N2O2S2/c1-2-3-8-18-15(20)13(22-16(18)21)9-11-10-6-4-5-7-12(10)17-14(11)19/h4-7,9,11H,2-3,8H2,1H3,(H,17,19)/b13-9-/t11-/m1/s1. The van der Waals surface area contributed by atoms with Crippen LogP contribution in [0.2, 0.25) is 0 Å². The predicted octanol–water partition coefficient (Wildman–Crippen LogP) is 3.27. The Morgan fingerprint density at radius 2 is 2.14 bits per heavy atom. The van der Waals surface area contributed by atoms with Gasteiger partial charge in [0.1, 0.15) is 4.32 Å². The van der Waals surface area contributed by atoms with Gasteiger partial charge in [-0.3, -0.25) is 14.5 Å². The van der Waals surface area contributed by atoms with E-state index in [0.29, 0.717) is 15.8 Å². The Labute approximate surface area is 138 Å². The van der Waals surface area contributed by atoms with Crippen LogP contribution in [-0.4, -0.2) is 27.6 Å². The molecule has 1 aromatic rings. The van der Waals surface area contributed by atoms with Gasteiger partial charge in [0, 0.05) is 12.2 Å². The molecular formula is C16H16N2O2S2. The lowest BCUT2D eigenvalue weighted by Crippen LogP contribution is -2.29. The highest BCUT2D eigenvalue weighted by atomic mass is 32.2. The number of fused-ring (bicyclic) bond motifs is 1. The van der Waals surface area contributed by atoms with Gasteiger partial charge in [0.05, 0.1) is 10.8 Å². The van der Waals surface area contributed by atoms with Gasteiger partial charge in [-0.1, -0.05) is 55.5 Å². The Balaban J connectivity index is 1.86. The van der Waals surface area contributed by atoms with Crippen LogP contribution in [-0.2, 0) is 9.59 Å². The highest BCUT2D eigenvalue weighted by molar-refractivity contribution is 8.26. The number of amides is 2. The summed E-state index contributed by atoms with van der Waals surface area (Å²) in [4.78, 5) is 26.8. The fourth-order valence-corrected chi connectivity index (χ4v) is 3.89. The average molecular weight is 332 g/mol. The van der Waals surface area contributed by atoms with Crippen LogP contribution < -0.4 is 5.32 Å². The summed E-state index contributed by atoms with van der Waals surface area (Å²) < 4.78 is 0.580. The molecule has 1 atom stereocenters. The smallest absolute Gasteiger partial charge is 0.265 e. The number of para-hydroxylation sites is 1. The molecule has 0 unspecified atom stereocenters. The predicted molar refractivity (Wildman–Crippen MR) is 92.7 cm³/mol. The fourth-order valence-electron chi connectivity index (χ4n) is 2.57. The van der Waals surface area contributed by atoms with E-state index in [1.165, 1.54) is 11.8 Å². The Morgan fingerprint density at radius 3 is 2.91 bits per heavy atom. The average Bonchev–Trinajstić information content (AvgIpc) is 2.96. The highest BCUT2D eigenvalue weighted by Crippen LogP contribution is 2.38. The van der Waals surface area contributed by atoms with Crippen molar-refractivity contribution in [3.05, 3.63) is 40.8 Å². The minimum absolute atomic E-state index is 0.0827. The summed E-state index contributed by atoms with van der Waals surface area (Å²) >= 11 is 6.57. The summed E-state index contributed by atoms with van der Waals surface area (Å²) in [6, 6.07) is 7.55. The molecule has 0 bridgehead atoms. The molecule has 22 heavy (non-hydrogen) atoms. The molecule has 2 aliphatic heterocycles. The van der Waals surface area contributed by atoms with Gasteiger partial charge in [0.25, 0.3) is 5.91 Å². The maximum absolute atomic E-state index is 12.4. The maximum Gasteiger partial charge on any atom is 0.265 e. The first kappa shape index (κ1) is 15.2. The Morgan fingerprint density at radius 1 is 1.36 bits per heavy atom. The maximum atomic E-state index is 12.4. The van der Waals surface area contributed by atoms with E-state index in [4.69, 9.17) is 12.2 Å². The molecule has 114 valence electrons. The third-order valence-electron chi connectivity index (χ3n) is 3.76. The minimum atomic E-state index is -0.420. The molecule has 0 radical (unpaired) electrons. The fraction of sp³-hybridized carbons (Fsp3) is 0.312. The molecule has 1 fully saturated rings. The third kappa shape index (κ3) is 2.68. The molecule has 1 N–H and O–H groups in total. The van der Waals surface area contributed by atoms with Crippen molar-refractivity contribution in [1.29, 1.82) is 0 Å². The number of thioether (sulfide) groups is 1. The Bertz CT molecular complexity index is 684. The topological polar surface area (TPSA) is 49.4 Å². The van der Waals surface area contributed by atoms with Gasteiger partial charge in [-0.25, -0.2) is 0 Å². The zero-order valence-electron chi connectivity index (χ0n) is 12.2. The van der Waals surface area contributed by atoms with Crippen molar-refractivity contribution >= 4 is 45.8 Å². The number of hydrogen-bond donors (Lipinski definition) is 1. The number of anilines is 1.